The zero-order valence-corrected chi connectivity index (χ0v) is 12.7. The second-order valence-electron chi connectivity index (χ2n) is 5.50. The van der Waals surface area contributed by atoms with Crippen molar-refractivity contribution >= 4 is 16.7 Å². The van der Waals surface area contributed by atoms with Crippen LogP contribution in [0.3, 0.4) is 0 Å². The first-order chi connectivity index (χ1) is 10.7. The average molecular weight is 297 g/mol. The Labute approximate surface area is 129 Å². The maximum atomic E-state index is 12.9. The summed E-state index contributed by atoms with van der Waals surface area (Å²) in [4.78, 5) is 7.97. The van der Waals surface area contributed by atoms with Gasteiger partial charge in [0.15, 0.2) is 0 Å². The number of aromatic nitrogens is 2. The predicted octanol–water partition coefficient (Wildman–Crippen LogP) is 4.66. The lowest BCUT2D eigenvalue weighted by Gasteiger charge is -2.06. The van der Waals surface area contributed by atoms with Gasteiger partial charge in [-0.05, 0) is 42.3 Å². The van der Waals surface area contributed by atoms with Crippen molar-refractivity contribution in [3.63, 3.8) is 0 Å². The van der Waals surface area contributed by atoms with Crippen LogP contribution >= 0.6 is 0 Å². The van der Waals surface area contributed by atoms with Crippen LogP contribution in [0, 0.1) is 5.82 Å². The fraction of sp³-hybridized carbons (Fsp3) is 0.278. The lowest BCUT2D eigenvalue weighted by molar-refractivity contribution is 0.627. The molecular weight excluding hydrogens is 277 g/mol. The average Bonchev–Trinajstić information content (AvgIpc) is 2.94. The number of imidazole rings is 1. The van der Waals surface area contributed by atoms with Gasteiger partial charge in [0.1, 0.15) is 11.6 Å². The van der Waals surface area contributed by atoms with E-state index < -0.39 is 0 Å². The van der Waals surface area contributed by atoms with Crippen molar-refractivity contribution in [1.29, 1.82) is 0 Å². The van der Waals surface area contributed by atoms with Gasteiger partial charge in [0, 0.05) is 18.7 Å². The molecule has 1 aromatic heterocycles. The zero-order valence-electron chi connectivity index (χ0n) is 12.7. The molecule has 114 valence electrons. The van der Waals surface area contributed by atoms with Crippen molar-refractivity contribution in [2.45, 2.75) is 32.7 Å². The highest BCUT2D eigenvalue weighted by atomic mass is 19.1. The molecule has 0 amide bonds. The number of hydrogen-bond donors (Lipinski definition) is 2. The van der Waals surface area contributed by atoms with Gasteiger partial charge in [-0.3, -0.25) is 0 Å². The van der Waals surface area contributed by atoms with Crippen molar-refractivity contribution in [3.05, 3.63) is 59.7 Å². The van der Waals surface area contributed by atoms with Crippen molar-refractivity contribution in [1.82, 2.24) is 9.97 Å². The molecule has 0 aliphatic carbocycles. The molecule has 0 aliphatic heterocycles. The van der Waals surface area contributed by atoms with Crippen LogP contribution in [0.1, 0.15) is 31.2 Å². The molecule has 3 aromatic rings. The van der Waals surface area contributed by atoms with Gasteiger partial charge in [0.25, 0.3) is 0 Å². The van der Waals surface area contributed by atoms with Crippen molar-refractivity contribution in [2.75, 3.05) is 5.32 Å². The van der Waals surface area contributed by atoms with Crippen LogP contribution < -0.4 is 5.32 Å². The summed E-state index contributed by atoms with van der Waals surface area (Å²) in [5.41, 5.74) is 4.13. The van der Waals surface area contributed by atoms with E-state index in [4.69, 9.17) is 0 Å². The topological polar surface area (TPSA) is 40.7 Å². The number of benzene rings is 2. The maximum absolute atomic E-state index is 12.9. The second-order valence-corrected chi connectivity index (χ2v) is 5.50. The lowest BCUT2D eigenvalue weighted by atomic mass is 10.2. The molecule has 0 bridgehead atoms. The Bertz CT molecular complexity index is 747. The summed E-state index contributed by atoms with van der Waals surface area (Å²) in [7, 11) is 0. The van der Waals surface area contributed by atoms with Crippen LogP contribution in [0.4, 0.5) is 10.1 Å². The normalized spacial score (nSPS) is 11.0. The van der Waals surface area contributed by atoms with Crippen LogP contribution in [0.15, 0.2) is 42.5 Å². The highest BCUT2D eigenvalue weighted by Crippen LogP contribution is 2.19. The minimum absolute atomic E-state index is 0.206. The number of aromatic amines is 1. The molecule has 3 rings (SSSR count). The fourth-order valence-corrected chi connectivity index (χ4v) is 2.44. The fourth-order valence-electron chi connectivity index (χ4n) is 2.44. The molecule has 0 saturated carbocycles. The van der Waals surface area contributed by atoms with Gasteiger partial charge in [-0.2, -0.15) is 0 Å². The Hall–Kier alpha value is -2.36. The number of halogens is 1. The molecule has 0 radical (unpaired) electrons. The SMILES string of the molecule is CCCCc1nc2ccc(NCc3ccc(F)cc3)cc2[nH]1. The van der Waals surface area contributed by atoms with E-state index in [0.717, 1.165) is 41.0 Å². The molecule has 0 spiro atoms. The number of unbranched alkanes of at least 4 members (excludes halogenated alkanes) is 1. The smallest absolute Gasteiger partial charge is 0.123 e. The van der Waals surface area contributed by atoms with Crippen LogP contribution in [-0.2, 0) is 13.0 Å². The number of anilines is 1. The van der Waals surface area contributed by atoms with Gasteiger partial charge in [-0.1, -0.05) is 25.5 Å². The lowest BCUT2D eigenvalue weighted by Crippen LogP contribution is -1.99. The summed E-state index contributed by atoms with van der Waals surface area (Å²) >= 11 is 0. The summed E-state index contributed by atoms with van der Waals surface area (Å²) in [5.74, 6) is 0.842. The van der Waals surface area contributed by atoms with Gasteiger partial charge in [0.2, 0.25) is 0 Å². The monoisotopic (exact) mass is 297 g/mol. The van der Waals surface area contributed by atoms with E-state index in [0.29, 0.717) is 6.54 Å². The molecule has 3 nitrogen and oxygen atoms in total. The minimum Gasteiger partial charge on any atom is -0.381 e. The minimum atomic E-state index is -0.206. The summed E-state index contributed by atoms with van der Waals surface area (Å²) < 4.78 is 12.9. The van der Waals surface area contributed by atoms with E-state index in [9.17, 15) is 4.39 Å². The van der Waals surface area contributed by atoms with E-state index in [2.05, 4.69) is 28.3 Å². The third-order valence-electron chi connectivity index (χ3n) is 3.71. The van der Waals surface area contributed by atoms with E-state index in [-0.39, 0.29) is 5.82 Å². The third-order valence-corrected chi connectivity index (χ3v) is 3.71. The largest absolute Gasteiger partial charge is 0.381 e. The summed E-state index contributed by atoms with van der Waals surface area (Å²) in [6.45, 7) is 2.85. The summed E-state index contributed by atoms with van der Waals surface area (Å²) in [5, 5.41) is 3.35. The van der Waals surface area contributed by atoms with Crippen LogP contribution in [-0.4, -0.2) is 9.97 Å². The quantitative estimate of drug-likeness (QED) is 0.695. The summed E-state index contributed by atoms with van der Waals surface area (Å²) in [6, 6.07) is 12.7. The number of rotatable bonds is 6. The Morgan fingerprint density at radius 1 is 1.14 bits per heavy atom. The summed E-state index contributed by atoms with van der Waals surface area (Å²) in [6.07, 6.45) is 3.31. The standard InChI is InChI=1S/C18H20FN3/c1-2-3-4-18-21-16-10-9-15(11-17(16)22-18)20-12-13-5-7-14(19)8-6-13/h5-11,20H,2-4,12H2,1H3,(H,21,22). The predicted molar refractivity (Wildman–Crippen MR) is 88.4 cm³/mol. The van der Waals surface area contributed by atoms with Gasteiger partial charge >= 0.3 is 0 Å². The number of aryl methyl sites for hydroxylation is 1. The van der Waals surface area contributed by atoms with Crippen LogP contribution in [0.2, 0.25) is 0 Å². The third kappa shape index (κ3) is 3.45. The van der Waals surface area contributed by atoms with Crippen molar-refractivity contribution in [3.8, 4) is 0 Å². The van der Waals surface area contributed by atoms with E-state index in [1.807, 2.05) is 12.1 Å². The van der Waals surface area contributed by atoms with Crippen molar-refractivity contribution < 1.29 is 4.39 Å². The molecule has 0 unspecified atom stereocenters. The molecule has 0 saturated heterocycles. The number of fused-ring (bicyclic) bond motifs is 1. The highest BCUT2D eigenvalue weighted by molar-refractivity contribution is 5.79. The Kier molecular flexibility index (Phi) is 4.37. The number of hydrogen-bond acceptors (Lipinski definition) is 2. The van der Waals surface area contributed by atoms with Gasteiger partial charge < -0.3 is 10.3 Å². The molecular formula is C18H20FN3. The second kappa shape index (κ2) is 6.60. The molecule has 1 heterocycles. The van der Waals surface area contributed by atoms with Gasteiger partial charge in [-0.25, -0.2) is 9.37 Å². The van der Waals surface area contributed by atoms with Gasteiger partial charge in [-0.15, -0.1) is 0 Å². The van der Waals surface area contributed by atoms with E-state index in [1.54, 1.807) is 12.1 Å². The number of H-pyrrole nitrogens is 1. The van der Waals surface area contributed by atoms with Crippen molar-refractivity contribution in [2.24, 2.45) is 0 Å². The number of nitrogens with zero attached hydrogens (tertiary/aromatic N) is 1. The Morgan fingerprint density at radius 2 is 1.95 bits per heavy atom. The zero-order chi connectivity index (χ0) is 15.4. The molecule has 0 atom stereocenters. The molecule has 2 N–H and O–H groups in total. The first-order valence-electron chi connectivity index (χ1n) is 7.71. The van der Waals surface area contributed by atoms with E-state index in [1.165, 1.54) is 18.6 Å². The highest BCUT2D eigenvalue weighted by Gasteiger charge is 2.03. The molecule has 2 aromatic carbocycles. The first-order valence-corrected chi connectivity index (χ1v) is 7.71. The molecule has 22 heavy (non-hydrogen) atoms. The molecule has 4 heteroatoms. The Balaban J connectivity index is 1.69. The first kappa shape index (κ1) is 14.6. The Morgan fingerprint density at radius 3 is 2.73 bits per heavy atom. The maximum Gasteiger partial charge on any atom is 0.123 e. The van der Waals surface area contributed by atoms with Crippen LogP contribution in [0.5, 0.6) is 0 Å². The molecule has 0 fully saturated rings. The molecule has 0 aliphatic rings. The van der Waals surface area contributed by atoms with E-state index >= 15 is 0 Å². The van der Waals surface area contributed by atoms with Crippen LogP contribution in [0.25, 0.3) is 11.0 Å². The van der Waals surface area contributed by atoms with Gasteiger partial charge in [0.05, 0.1) is 11.0 Å². The number of nitrogens with one attached hydrogen (secondary N) is 2.